The molecule has 1 aliphatic rings. The maximum atomic E-state index is 12.2. The van der Waals surface area contributed by atoms with Gasteiger partial charge in [0.15, 0.2) is 0 Å². The number of ether oxygens (including phenoxy) is 1. The van der Waals surface area contributed by atoms with Crippen molar-refractivity contribution in [1.29, 1.82) is 0 Å². The minimum absolute atomic E-state index is 0.138. The van der Waals surface area contributed by atoms with Gasteiger partial charge in [-0.05, 0) is 49.9 Å². The van der Waals surface area contributed by atoms with E-state index in [1.165, 1.54) is 0 Å². The van der Waals surface area contributed by atoms with Crippen molar-refractivity contribution in [2.24, 2.45) is 0 Å². The van der Waals surface area contributed by atoms with Crippen LogP contribution in [-0.4, -0.2) is 30.1 Å². The summed E-state index contributed by atoms with van der Waals surface area (Å²) in [6, 6.07) is 11.2. The van der Waals surface area contributed by atoms with Crippen molar-refractivity contribution in [3.05, 3.63) is 57.9 Å². The molecular formula is C19H22N2O3. The number of aryl methyl sites for hydroxylation is 1. The van der Waals surface area contributed by atoms with Crippen LogP contribution in [0.1, 0.15) is 35.2 Å². The van der Waals surface area contributed by atoms with Crippen LogP contribution in [0.3, 0.4) is 0 Å². The molecule has 0 spiro atoms. The molecule has 126 valence electrons. The molecule has 2 heterocycles. The molecule has 24 heavy (non-hydrogen) atoms. The number of hydrogen-bond acceptors (Lipinski definition) is 3. The van der Waals surface area contributed by atoms with E-state index < -0.39 is 0 Å². The van der Waals surface area contributed by atoms with Crippen molar-refractivity contribution in [2.75, 3.05) is 13.2 Å². The van der Waals surface area contributed by atoms with Gasteiger partial charge < -0.3 is 15.0 Å². The second-order valence-corrected chi connectivity index (χ2v) is 6.16. The van der Waals surface area contributed by atoms with Crippen LogP contribution in [0.4, 0.5) is 0 Å². The third-order valence-electron chi connectivity index (χ3n) is 4.26. The lowest BCUT2D eigenvalue weighted by Gasteiger charge is -2.10. The van der Waals surface area contributed by atoms with Crippen molar-refractivity contribution in [2.45, 2.75) is 32.3 Å². The van der Waals surface area contributed by atoms with E-state index in [0.717, 1.165) is 37.0 Å². The zero-order valence-electron chi connectivity index (χ0n) is 13.8. The van der Waals surface area contributed by atoms with Crippen LogP contribution in [0.25, 0.3) is 11.3 Å². The summed E-state index contributed by atoms with van der Waals surface area (Å²) in [6.45, 7) is 3.32. The van der Waals surface area contributed by atoms with E-state index in [1.54, 1.807) is 12.1 Å². The standard InChI is InChI=1S/C19H22N2O3/c1-13-4-2-5-14(12-13)17-8-7-16(19(23)21-17)18(22)20-10-9-15-6-3-11-24-15/h2,4-5,7-8,12,15H,3,6,9-11H2,1H3,(H,20,22)(H,21,23)/t15-/m0/s1. The third kappa shape index (κ3) is 3.92. The summed E-state index contributed by atoms with van der Waals surface area (Å²) in [5.74, 6) is -0.343. The molecule has 0 aliphatic carbocycles. The van der Waals surface area contributed by atoms with E-state index in [2.05, 4.69) is 10.3 Å². The average Bonchev–Trinajstić information content (AvgIpc) is 3.08. The second kappa shape index (κ2) is 7.45. The van der Waals surface area contributed by atoms with Gasteiger partial charge in [-0.2, -0.15) is 0 Å². The highest BCUT2D eigenvalue weighted by atomic mass is 16.5. The van der Waals surface area contributed by atoms with Gasteiger partial charge in [-0.25, -0.2) is 0 Å². The molecule has 0 bridgehead atoms. The van der Waals surface area contributed by atoms with Crippen molar-refractivity contribution < 1.29 is 9.53 Å². The largest absolute Gasteiger partial charge is 0.378 e. The number of carbonyl (C=O) groups is 1. The zero-order chi connectivity index (χ0) is 16.9. The van der Waals surface area contributed by atoms with Crippen molar-refractivity contribution >= 4 is 5.91 Å². The van der Waals surface area contributed by atoms with E-state index >= 15 is 0 Å². The second-order valence-electron chi connectivity index (χ2n) is 6.16. The van der Waals surface area contributed by atoms with E-state index in [1.807, 2.05) is 31.2 Å². The monoisotopic (exact) mass is 326 g/mol. The molecule has 1 aromatic heterocycles. The molecule has 0 unspecified atom stereocenters. The predicted molar refractivity (Wildman–Crippen MR) is 93.2 cm³/mol. The van der Waals surface area contributed by atoms with Gasteiger partial charge in [-0.15, -0.1) is 0 Å². The van der Waals surface area contributed by atoms with E-state index in [0.29, 0.717) is 12.2 Å². The lowest BCUT2D eigenvalue weighted by molar-refractivity contribution is 0.0906. The first-order valence-corrected chi connectivity index (χ1v) is 8.33. The topological polar surface area (TPSA) is 71.2 Å². The molecule has 1 aliphatic heterocycles. The number of hydrogen-bond donors (Lipinski definition) is 2. The van der Waals surface area contributed by atoms with E-state index in [-0.39, 0.29) is 23.1 Å². The van der Waals surface area contributed by atoms with Crippen LogP contribution in [0.2, 0.25) is 0 Å². The summed E-state index contributed by atoms with van der Waals surface area (Å²) in [7, 11) is 0. The Labute approximate surface area is 141 Å². The van der Waals surface area contributed by atoms with Gasteiger partial charge in [0.1, 0.15) is 5.56 Å². The quantitative estimate of drug-likeness (QED) is 0.887. The molecule has 1 aromatic carbocycles. The van der Waals surface area contributed by atoms with Crippen LogP contribution in [0.5, 0.6) is 0 Å². The normalized spacial score (nSPS) is 17.0. The molecule has 3 rings (SSSR count). The first kappa shape index (κ1) is 16.5. The number of nitrogens with one attached hydrogen (secondary N) is 2. The molecule has 5 heteroatoms. The molecule has 0 saturated carbocycles. The highest BCUT2D eigenvalue weighted by Crippen LogP contribution is 2.17. The number of H-pyrrole nitrogens is 1. The molecule has 1 amide bonds. The van der Waals surface area contributed by atoms with Gasteiger partial charge in [0.25, 0.3) is 11.5 Å². The van der Waals surface area contributed by atoms with Gasteiger partial charge in [0.05, 0.1) is 6.10 Å². The van der Waals surface area contributed by atoms with E-state index in [4.69, 9.17) is 4.74 Å². The molecule has 1 fully saturated rings. The van der Waals surface area contributed by atoms with Crippen LogP contribution in [0, 0.1) is 6.92 Å². The minimum Gasteiger partial charge on any atom is -0.378 e. The first-order valence-electron chi connectivity index (χ1n) is 8.33. The fourth-order valence-corrected chi connectivity index (χ4v) is 2.95. The number of aromatic nitrogens is 1. The van der Waals surface area contributed by atoms with Crippen LogP contribution >= 0.6 is 0 Å². The molecule has 5 nitrogen and oxygen atoms in total. The lowest BCUT2D eigenvalue weighted by atomic mass is 10.1. The highest BCUT2D eigenvalue weighted by Gasteiger charge is 2.16. The van der Waals surface area contributed by atoms with Crippen LogP contribution < -0.4 is 10.9 Å². The minimum atomic E-state index is -0.372. The molecule has 1 atom stereocenters. The lowest BCUT2D eigenvalue weighted by Crippen LogP contribution is -2.31. The Morgan fingerprint density at radius 3 is 2.92 bits per heavy atom. The molecular weight excluding hydrogens is 304 g/mol. The summed E-state index contributed by atoms with van der Waals surface area (Å²) < 4.78 is 5.52. The predicted octanol–water partition coefficient (Wildman–Crippen LogP) is 2.65. The maximum Gasteiger partial charge on any atom is 0.261 e. The van der Waals surface area contributed by atoms with Gasteiger partial charge >= 0.3 is 0 Å². The molecule has 1 saturated heterocycles. The Balaban J connectivity index is 1.65. The van der Waals surface area contributed by atoms with Crippen molar-refractivity contribution in [3.8, 4) is 11.3 Å². The van der Waals surface area contributed by atoms with Gasteiger partial charge in [0, 0.05) is 18.8 Å². The average molecular weight is 326 g/mol. The number of benzene rings is 1. The van der Waals surface area contributed by atoms with Gasteiger partial charge in [-0.3, -0.25) is 9.59 Å². The fraction of sp³-hybridized carbons (Fsp3) is 0.368. The third-order valence-corrected chi connectivity index (χ3v) is 4.26. The van der Waals surface area contributed by atoms with Crippen LogP contribution in [0.15, 0.2) is 41.2 Å². The van der Waals surface area contributed by atoms with Crippen molar-refractivity contribution in [1.82, 2.24) is 10.3 Å². The Kier molecular flexibility index (Phi) is 5.11. The molecule has 0 radical (unpaired) electrons. The van der Waals surface area contributed by atoms with E-state index in [9.17, 15) is 9.59 Å². The highest BCUT2D eigenvalue weighted by molar-refractivity contribution is 5.94. The Hall–Kier alpha value is -2.40. The number of aromatic amines is 1. The Morgan fingerprint density at radius 1 is 1.33 bits per heavy atom. The summed E-state index contributed by atoms with van der Waals surface area (Å²) in [5, 5.41) is 2.80. The Bertz CT molecular complexity index is 776. The number of amides is 1. The fourth-order valence-electron chi connectivity index (χ4n) is 2.95. The van der Waals surface area contributed by atoms with Crippen molar-refractivity contribution in [3.63, 3.8) is 0 Å². The molecule has 2 N–H and O–H groups in total. The first-order chi connectivity index (χ1) is 11.6. The summed E-state index contributed by atoms with van der Waals surface area (Å²) >= 11 is 0. The number of pyridine rings is 1. The van der Waals surface area contributed by atoms with Gasteiger partial charge in [-0.1, -0.05) is 23.8 Å². The number of carbonyl (C=O) groups excluding carboxylic acids is 1. The SMILES string of the molecule is Cc1cccc(-c2ccc(C(=O)NCC[C@@H]3CCCO3)c(=O)[nH]2)c1. The zero-order valence-corrected chi connectivity index (χ0v) is 13.8. The maximum absolute atomic E-state index is 12.2. The van der Waals surface area contributed by atoms with Crippen LogP contribution in [-0.2, 0) is 4.74 Å². The summed E-state index contributed by atoms with van der Waals surface area (Å²) in [5.41, 5.74) is 2.52. The summed E-state index contributed by atoms with van der Waals surface area (Å²) in [6.07, 6.45) is 3.14. The smallest absolute Gasteiger partial charge is 0.261 e. The summed E-state index contributed by atoms with van der Waals surface area (Å²) in [4.78, 5) is 27.2. The Morgan fingerprint density at radius 2 is 2.21 bits per heavy atom. The number of rotatable bonds is 5. The molecule has 2 aromatic rings. The van der Waals surface area contributed by atoms with Gasteiger partial charge in [0.2, 0.25) is 0 Å².